The molecule has 1 fully saturated rings. The Kier molecular flexibility index (Phi) is 2.22. The van der Waals surface area contributed by atoms with Gasteiger partial charge in [0.25, 0.3) is 0 Å². The van der Waals surface area contributed by atoms with Gasteiger partial charge in [-0.3, -0.25) is 0 Å². The van der Waals surface area contributed by atoms with Gasteiger partial charge in [-0.25, -0.2) is 0 Å². The highest BCUT2D eigenvalue weighted by molar-refractivity contribution is 4.80. The molecule has 60 valence electrons. The molecule has 5 nitrogen and oxygen atoms in total. The fourth-order valence-corrected chi connectivity index (χ4v) is 0.779. The molecule has 1 aliphatic heterocycles. The maximum atomic E-state index is 10.5. The van der Waals surface area contributed by atoms with Crippen molar-refractivity contribution in [1.82, 2.24) is 0 Å². The first-order valence-electron chi connectivity index (χ1n) is 2.94. The number of hydrogen-bond acceptors (Lipinski definition) is 5. The Morgan fingerprint density at radius 1 is 1.20 bits per heavy atom. The summed E-state index contributed by atoms with van der Waals surface area (Å²) in [5.41, 5.74) is 0. The van der Waals surface area contributed by atoms with Crippen LogP contribution in [-0.4, -0.2) is 46.5 Å². The van der Waals surface area contributed by atoms with Gasteiger partial charge in [-0.2, -0.15) is 0 Å². The highest BCUT2D eigenvalue weighted by Crippen LogP contribution is 2.10. The van der Waals surface area contributed by atoms with E-state index in [0.717, 1.165) is 0 Å². The molecule has 0 saturated carbocycles. The van der Waals surface area contributed by atoms with E-state index in [0.29, 0.717) is 0 Å². The van der Waals surface area contributed by atoms with Gasteiger partial charge < -0.3 is 25.2 Å². The topological polar surface area (TPSA) is 93.0 Å². The minimum atomic E-state index is -1.64. The minimum absolute atomic E-state index is 0.216. The molecular weight excluding hydrogens is 140 g/mol. The predicted molar refractivity (Wildman–Crippen MR) is 27.8 cm³/mol. The average Bonchev–Trinajstić information content (AvgIpc) is 1.93. The van der Waals surface area contributed by atoms with E-state index in [-0.39, 0.29) is 6.61 Å². The Labute approximate surface area is 57.5 Å². The third-order valence-electron chi connectivity index (χ3n) is 1.45. The minimum Gasteiger partial charge on any atom is -0.829 e. The molecule has 0 spiro atoms. The van der Waals surface area contributed by atoms with Crippen molar-refractivity contribution in [3.8, 4) is 0 Å². The van der Waals surface area contributed by atoms with Crippen LogP contribution in [0, 0.1) is 0 Å². The molecule has 0 aromatic carbocycles. The van der Waals surface area contributed by atoms with Crippen molar-refractivity contribution in [2.24, 2.45) is 0 Å². The standard InChI is InChI=1S/C5H9O5/c6-2-1-10-5(9)4(8)3(2)7/h2-8H,1H2/q-1. The van der Waals surface area contributed by atoms with E-state index in [1.54, 1.807) is 0 Å². The van der Waals surface area contributed by atoms with E-state index in [9.17, 15) is 5.11 Å². The highest BCUT2D eigenvalue weighted by atomic mass is 16.6. The third kappa shape index (κ3) is 1.28. The van der Waals surface area contributed by atoms with Gasteiger partial charge >= 0.3 is 0 Å². The maximum absolute atomic E-state index is 10.5. The second kappa shape index (κ2) is 2.81. The van der Waals surface area contributed by atoms with Crippen molar-refractivity contribution >= 4 is 0 Å². The smallest absolute Gasteiger partial charge is 0.109 e. The van der Waals surface area contributed by atoms with E-state index < -0.39 is 24.6 Å². The first-order chi connectivity index (χ1) is 4.63. The van der Waals surface area contributed by atoms with Gasteiger partial charge in [-0.05, 0) is 0 Å². The van der Waals surface area contributed by atoms with E-state index in [2.05, 4.69) is 4.74 Å². The lowest BCUT2D eigenvalue weighted by molar-refractivity contribution is -0.523. The molecule has 0 amide bonds. The molecule has 4 atom stereocenters. The third-order valence-corrected chi connectivity index (χ3v) is 1.45. The molecule has 1 heterocycles. The Bertz CT molecular complexity index is 103. The van der Waals surface area contributed by atoms with E-state index in [1.165, 1.54) is 0 Å². The zero-order valence-corrected chi connectivity index (χ0v) is 5.17. The van der Waals surface area contributed by atoms with Gasteiger partial charge in [0.05, 0.1) is 12.7 Å². The summed E-state index contributed by atoms with van der Waals surface area (Å²) >= 11 is 0. The van der Waals surface area contributed by atoms with Crippen LogP contribution < -0.4 is 5.11 Å². The zero-order chi connectivity index (χ0) is 7.72. The van der Waals surface area contributed by atoms with Crippen molar-refractivity contribution in [3.63, 3.8) is 0 Å². The van der Waals surface area contributed by atoms with Crippen LogP contribution in [0.25, 0.3) is 0 Å². The molecule has 0 aromatic rings. The van der Waals surface area contributed by atoms with Crippen molar-refractivity contribution in [2.75, 3.05) is 6.61 Å². The summed E-state index contributed by atoms with van der Waals surface area (Å²) in [7, 11) is 0. The van der Waals surface area contributed by atoms with E-state index >= 15 is 0 Å². The maximum Gasteiger partial charge on any atom is 0.109 e. The van der Waals surface area contributed by atoms with Crippen molar-refractivity contribution in [3.05, 3.63) is 0 Å². The monoisotopic (exact) mass is 149 g/mol. The van der Waals surface area contributed by atoms with Gasteiger partial charge in [-0.1, -0.05) is 0 Å². The molecule has 1 saturated heterocycles. The summed E-state index contributed by atoms with van der Waals surface area (Å²) in [6, 6.07) is 0. The summed E-state index contributed by atoms with van der Waals surface area (Å²) in [4.78, 5) is 0. The summed E-state index contributed by atoms with van der Waals surface area (Å²) in [6.07, 6.45) is -5.70. The number of ether oxygens (including phenoxy) is 1. The molecule has 0 aliphatic carbocycles. The zero-order valence-electron chi connectivity index (χ0n) is 5.17. The molecular formula is C5H9O5-. The van der Waals surface area contributed by atoms with Gasteiger partial charge in [0, 0.05) is 6.29 Å². The first-order valence-corrected chi connectivity index (χ1v) is 2.94. The van der Waals surface area contributed by atoms with Crippen LogP contribution in [0.3, 0.4) is 0 Å². The lowest BCUT2D eigenvalue weighted by atomic mass is 10.1. The summed E-state index contributed by atoms with van der Waals surface area (Å²) in [5, 5.41) is 36.9. The fourth-order valence-electron chi connectivity index (χ4n) is 0.779. The predicted octanol–water partition coefficient (Wildman–Crippen LogP) is -3.21. The largest absolute Gasteiger partial charge is 0.829 e. The molecule has 0 aromatic heterocycles. The van der Waals surface area contributed by atoms with Crippen LogP contribution >= 0.6 is 0 Å². The Morgan fingerprint density at radius 3 is 2.30 bits per heavy atom. The molecule has 5 heteroatoms. The average molecular weight is 149 g/mol. The highest BCUT2D eigenvalue weighted by Gasteiger charge is 2.31. The molecule has 1 aliphatic rings. The van der Waals surface area contributed by atoms with Crippen molar-refractivity contribution in [1.29, 1.82) is 0 Å². The van der Waals surface area contributed by atoms with Gasteiger partial charge in [0.1, 0.15) is 12.2 Å². The number of hydrogen-bond donors (Lipinski definition) is 3. The van der Waals surface area contributed by atoms with Crippen LogP contribution in [0.1, 0.15) is 0 Å². The number of aliphatic hydroxyl groups excluding tert-OH is 3. The normalized spacial score (nSPS) is 49.2. The Hall–Kier alpha value is -0.200. The van der Waals surface area contributed by atoms with E-state index in [4.69, 9.17) is 15.3 Å². The Balaban J connectivity index is 2.52. The van der Waals surface area contributed by atoms with Crippen LogP contribution in [-0.2, 0) is 4.74 Å². The molecule has 3 N–H and O–H groups in total. The molecule has 4 unspecified atom stereocenters. The second-order valence-corrected chi connectivity index (χ2v) is 2.25. The Morgan fingerprint density at radius 2 is 1.80 bits per heavy atom. The second-order valence-electron chi connectivity index (χ2n) is 2.25. The number of aliphatic hydroxyl groups is 3. The van der Waals surface area contributed by atoms with Crippen LogP contribution in [0.2, 0.25) is 0 Å². The lowest BCUT2D eigenvalue weighted by Crippen LogP contribution is -2.57. The molecule has 0 radical (unpaired) electrons. The summed E-state index contributed by atoms with van der Waals surface area (Å²) < 4.78 is 4.36. The molecule has 0 bridgehead atoms. The lowest BCUT2D eigenvalue weighted by Gasteiger charge is -2.38. The summed E-state index contributed by atoms with van der Waals surface area (Å²) in [6.45, 7) is -0.216. The van der Waals surface area contributed by atoms with Crippen molar-refractivity contribution in [2.45, 2.75) is 24.6 Å². The summed E-state index contributed by atoms with van der Waals surface area (Å²) in [5.74, 6) is 0. The fraction of sp³-hybridized carbons (Fsp3) is 1.00. The molecule has 10 heavy (non-hydrogen) atoms. The van der Waals surface area contributed by atoms with Gasteiger partial charge in [0.2, 0.25) is 0 Å². The van der Waals surface area contributed by atoms with Gasteiger partial charge in [-0.15, -0.1) is 0 Å². The van der Waals surface area contributed by atoms with Crippen LogP contribution in [0.5, 0.6) is 0 Å². The van der Waals surface area contributed by atoms with Crippen LogP contribution in [0.15, 0.2) is 0 Å². The van der Waals surface area contributed by atoms with E-state index in [1.807, 2.05) is 0 Å². The quantitative estimate of drug-likeness (QED) is 0.337. The molecule has 1 rings (SSSR count). The van der Waals surface area contributed by atoms with Crippen LogP contribution in [0.4, 0.5) is 0 Å². The van der Waals surface area contributed by atoms with Crippen molar-refractivity contribution < 1.29 is 25.2 Å². The first kappa shape index (κ1) is 7.90. The SMILES string of the molecule is [O-]C1OCC(O)C(O)C1O. The van der Waals surface area contributed by atoms with Gasteiger partial charge in [0.15, 0.2) is 0 Å². The number of rotatable bonds is 0.